The Morgan fingerprint density at radius 1 is 1.10 bits per heavy atom. The van der Waals surface area contributed by atoms with Crippen LogP contribution in [0.25, 0.3) is 0 Å². The molecule has 1 atom stereocenters. The van der Waals surface area contributed by atoms with Crippen molar-refractivity contribution in [2.24, 2.45) is 0 Å². The molecule has 3 heteroatoms. The molecule has 0 aromatic heterocycles. The van der Waals surface area contributed by atoms with Gasteiger partial charge in [0, 0.05) is 11.4 Å². The third kappa shape index (κ3) is 6.29. The molecule has 0 amide bonds. The van der Waals surface area contributed by atoms with Crippen molar-refractivity contribution in [3.05, 3.63) is 29.8 Å². The summed E-state index contributed by atoms with van der Waals surface area (Å²) in [5.74, 6) is 1.09. The number of aliphatic hydroxyl groups excluding tert-OH is 1. The molecular formula is C17H29NOS. The van der Waals surface area contributed by atoms with Crippen LogP contribution in [-0.2, 0) is 0 Å². The Bertz CT molecular complexity index is 353. The summed E-state index contributed by atoms with van der Waals surface area (Å²) in [4.78, 5) is 3.70. The Hall–Kier alpha value is -0.510. The van der Waals surface area contributed by atoms with Crippen molar-refractivity contribution in [1.82, 2.24) is 4.90 Å². The summed E-state index contributed by atoms with van der Waals surface area (Å²) in [6.45, 7) is 9.76. The molecule has 0 spiro atoms. The first kappa shape index (κ1) is 17.5. The first-order valence-electron chi connectivity index (χ1n) is 7.84. The molecule has 20 heavy (non-hydrogen) atoms. The van der Waals surface area contributed by atoms with E-state index in [0.717, 1.165) is 37.4 Å². The number of rotatable bonds is 10. The Balaban J connectivity index is 2.42. The standard InChI is InChI=1S/C17H29NOS/c1-4-7-13-18(5-2)14-12-17(19)15-8-10-16(11-9-15)20-6-3/h8-11,17,19H,4-7,12-14H2,1-3H3. The second-order valence-electron chi connectivity index (χ2n) is 5.09. The van der Waals surface area contributed by atoms with Gasteiger partial charge in [0.05, 0.1) is 6.10 Å². The van der Waals surface area contributed by atoms with Gasteiger partial charge in [-0.25, -0.2) is 0 Å². The average molecular weight is 295 g/mol. The summed E-state index contributed by atoms with van der Waals surface area (Å²) < 4.78 is 0. The van der Waals surface area contributed by atoms with Crippen LogP contribution < -0.4 is 0 Å². The first-order valence-corrected chi connectivity index (χ1v) is 8.82. The van der Waals surface area contributed by atoms with Crippen molar-refractivity contribution in [2.75, 3.05) is 25.4 Å². The largest absolute Gasteiger partial charge is 0.388 e. The molecular weight excluding hydrogens is 266 g/mol. The molecule has 2 nitrogen and oxygen atoms in total. The molecule has 0 bridgehead atoms. The first-order chi connectivity index (χ1) is 9.71. The lowest BCUT2D eigenvalue weighted by molar-refractivity contribution is 0.143. The highest BCUT2D eigenvalue weighted by Crippen LogP contribution is 2.22. The highest BCUT2D eigenvalue weighted by Gasteiger charge is 2.10. The maximum absolute atomic E-state index is 10.3. The summed E-state index contributed by atoms with van der Waals surface area (Å²) in [6, 6.07) is 8.35. The van der Waals surface area contributed by atoms with Crippen LogP contribution in [0.5, 0.6) is 0 Å². The zero-order chi connectivity index (χ0) is 14.8. The number of unbranched alkanes of at least 4 members (excludes halogenated alkanes) is 1. The van der Waals surface area contributed by atoms with Gasteiger partial charge in [-0.05, 0) is 49.4 Å². The number of hydrogen-bond donors (Lipinski definition) is 1. The molecule has 1 N–H and O–H groups in total. The van der Waals surface area contributed by atoms with Crippen LogP contribution in [0.3, 0.4) is 0 Å². The van der Waals surface area contributed by atoms with E-state index in [-0.39, 0.29) is 6.10 Å². The highest BCUT2D eigenvalue weighted by atomic mass is 32.2. The van der Waals surface area contributed by atoms with Gasteiger partial charge in [-0.3, -0.25) is 0 Å². The third-order valence-corrected chi connectivity index (χ3v) is 4.46. The van der Waals surface area contributed by atoms with Gasteiger partial charge >= 0.3 is 0 Å². The van der Waals surface area contributed by atoms with Crippen molar-refractivity contribution < 1.29 is 5.11 Å². The van der Waals surface area contributed by atoms with E-state index in [1.165, 1.54) is 17.7 Å². The van der Waals surface area contributed by atoms with E-state index in [2.05, 4.69) is 49.9 Å². The molecule has 0 aliphatic carbocycles. The van der Waals surface area contributed by atoms with Crippen LogP contribution in [0.2, 0.25) is 0 Å². The second-order valence-corrected chi connectivity index (χ2v) is 6.43. The van der Waals surface area contributed by atoms with Gasteiger partial charge in [-0.2, -0.15) is 0 Å². The van der Waals surface area contributed by atoms with E-state index in [1.54, 1.807) is 0 Å². The van der Waals surface area contributed by atoms with E-state index < -0.39 is 0 Å². The number of thioether (sulfide) groups is 1. The van der Waals surface area contributed by atoms with Gasteiger partial charge in [-0.15, -0.1) is 11.8 Å². The van der Waals surface area contributed by atoms with Gasteiger partial charge in [0.25, 0.3) is 0 Å². The van der Waals surface area contributed by atoms with Gasteiger partial charge in [0.2, 0.25) is 0 Å². The Kier molecular flexibility index (Phi) is 8.99. The monoisotopic (exact) mass is 295 g/mol. The van der Waals surface area contributed by atoms with E-state index in [4.69, 9.17) is 0 Å². The van der Waals surface area contributed by atoms with E-state index in [0.29, 0.717) is 0 Å². The van der Waals surface area contributed by atoms with Crippen LogP contribution in [0.15, 0.2) is 29.2 Å². The van der Waals surface area contributed by atoms with Gasteiger partial charge in [0.15, 0.2) is 0 Å². The number of benzene rings is 1. The highest BCUT2D eigenvalue weighted by molar-refractivity contribution is 7.99. The van der Waals surface area contributed by atoms with Crippen molar-refractivity contribution in [1.29, 1.82) is 0 Å². The van der Waals surface area contributed by atoms with Crippen LogP contribution >= 0.6 is 11.8 Å². The van der Waals surface area contributed by atoms with Crippen molar-refractivity contribution >= 4 is 11.8 Å². The van der Waals surface area contributed by atoms with Gasteiger partial charge < -0.3 is 10.0 Å². The summed E-state index contributed by atoms with van der Waals surface area (Å²) >= 11 is 1.84. The van der Waals surface area contributed by atoms with Crippen LogP contribution in [-0.4, -0.2) is 35.4 Å². The van der Waals surface area contributed by atoms with E-state index >= 15 is 0 Å². The second kappa shape index (κ2) is 10.3. The van der Waals surface area contributed by atoms with Crippen molar-refractivity contribution in [2.45, 2.75) is 51.0 Å². The number of nitrogens with zero attached hydrogens (tertiary/aromatic N) is 1. The SMILES string of the molecule is CCCCN(CC)CCC(O)c1ccc(SCC)cc1. The maximum Gasteiger partial charge on any atom is 0.0802 e. The Morgan fingerprint density at radius 3 is 2.35 bits per heavy atom. The normalized spacial score (nSPS) is 12.8. The average Bonchev–Trinajstić information content (AvgIpc) is 2.48. The van der Waals surface area contributed by atoms with E-state index in [9.17, 15) is 5.11 Å². The predicted octanol–water partition coefficient (Wildman–Crippen LogP) is 4.34. The molecule has 0 radical (unpaired) electrons. The minimum absolute atomic E-state index is 0.341. The summed E-state index contributed by atoms with van der Waals surface area (Å²) in [6.07, 6.45) is 2.95. The lowest BCUT2D eigenvalue weighted by atomic mass is 10.1. The lowest BCUT2D eigenvalue weighted by Gasteiger charge is -2.22. The minimum Gasteiger partial charge on any atom is -0.388 e. The fourth-order valence-electron chi connectivity index (χ4n) is 2.23. The lowest BCUT2D eigenvalue weighted by Crippen LogP contribution is -2.26. The molecule has 114 valence electrons. The zero-order valence-corrected chi connectivity index (χ0v) is 14.0. The van der Waals surface area contributed by atoms with Crippen LogP contribution in [0.4, 0.5) is 0 Å². The molecule has 1 unspecified atom stereocenters. The molecule has 0 fully saturated rings. The topological polar surface area (TPSA) is 23.5 Å². The van der Waals surface area contributed by atoms with E-state index in [1.807, 2.05) is 11.8 Å². The third-order valence-electron chi connectivity index (χ3n) is 3.57. The quantitative estimate of drug-likeness (QED) is 0.649. The molecule has 0 aliphatic heterocycles. The summed E-state index contributed by atoms with van der Waals surface area (Å²) in [5.41, 5.74) is 1.04. The number of aliphatic hydroxyl groups is 1. The Morgan fingerprint density at radius 2 is 1.80 bits per heavy atom. The molecule has 0 saturated heterocycles. The fraction of sp³-hybridized carbons (Fsp3) is 0.647. The van der Waals surface area contributed by atoms with Crippen molar-refractivity contribution in [3.8, 4) is 0 Å². The summed E-state index contributed by atoms with van der Waals surface area (Å²) in [5, 5.41) is 10.3. The van der Waals surface area contributed by atoms with Crippen LogP contribution in [0, 0.1) is 0 Å². The number of hydrogen-bond acceptors (Lipinski definition) is 3. The fourth-order valence-corrected chi connectivity index (χ4v) is 2.90. The molecule has 0 saturated carbocycles. The smallest absolute Gasteiger partial charge is 0.0802 e. The molecule has 1 aromatic carbocycles. The summed E-state index contributed by atoms with van der Waals surface area (Å²) in [7, 11) is 0. The van der Waals surface area contributed by atoms with Crippen molar-refractivity contribution in [3.63, 3.8) is 0 Å². The Labute approximate surface area is 128 Å². The molecule has 0 aliphatic rings. The van der Waals surface area contributed by atoms with Crippen LogP contribution in [0.1, 0.15) is 51.7 Å². The van der Waals surface area contributed by atoms with Gasteiger partial charge in [-0.1, -0.05) is 39.3 Å². The van der Waals surface area contributed by atoms with Gasteiger partial charge in [0.1, 0.15) is 0 Å². The predicted molar refractivity (Wildman–Crippen MR) is 89.4 cm³/mol. The zero-order valence-electron chi connectivity index (χ0n) is 13.1. The molecule has 1 aromatic rings. The molecule has 1 rings (SSSR count). The molecule has 0 heterocycles. The minimum atomic E-state index is -0.341. The maximum atomic E-state index is 10.3.